The molecule has 5 nitrogen and oxygen atoms in total. The van der Waals surface area contributed by atoms with E-state index in [2.05, 4.69) is 10.2 Å². The number of hydrogen-bond donors (Lipinski definition) is 1. The topological polar surface area (TPSA) is 52.7 Å². The van der Waals surface area contributed by atoms with Crippen molar-refractivity contribution >= 4 is 17.6 Å². The van der Waals surface area contributed by atoms with E-state index in [-0.39, 0.29) is 11.9 Å². The number of hydrogen-bond acceptors (Lipinski definition) is 3. The standard InChI is InChI=1S/C15H19N3O2/c1-11-4-6-12(7-5-11)18-14(19)13(16-15(18)20)10-17-8-2-3-9-17/h4-7,13H,2-3,8-10H2,1H3,(H,16,20). The summed E-state index contributed by atoms with van der Waals surface area (Å²) < 4.78 is 0. The van der Waals surface area contributed by atoms with Gasteiger partial charge >= 0.3 is 6.03 Å². The van der Waals surface area contributed by atoms with Crippen molar-refractivity contribution in [2.75, 3.05) is 24.5 Å². The highest BCUT2D eigenvalue weighted by Gasteiger charge is 2.39. The number of amides is 3. The van der Waals surface area contributed by atoms with E-state index in [1.165, 1.54) is 17.7 Å². The highest BCUT2D eigenvalue weighted by molar-refractivity contribution is 6.21. The molecule has 0 aromatic heterocycles. The molecule has 2 fully saturated rings. The minimum Gasteiger partial charge on any atom is -0.324 e. The van der Waals surface area contributed by atoms with Crippen molar-refractivity contribution in [3.8, 4) is 0 Å². The molecule has 0 bridgehead atoms. The van der Waals surface area contributed by atoms with E-state index in [0.717, 1.165) is 18.7 Å². The van der Waals surface area contributed by atoms with Crippen molar-refractivity contribution in [3.63, 3.8) is 0 Å². The number of aryl methyl sites for hydroxylation is 1. The highest BCUT2D eigenvalue weighted by Crippen LogP contribution is 2.21. The molecule has 1 aromatic carbocycles. The maximum atomic E-state index is 12.4. The van der Waals surface area contributed by atoms with Gasteiger partial charge in [0.15, 0.2) is 0 Å². The van der Waals surface area contributed by atoms with Gasteiger partial charge in [0.2, 0.25) is 0 Å². The molecular weight excluding hydrogens is 254 g/mol. The van der Waals surface area contributed by atoms with Crippen molar-refractivity contribution < 1.29 is 9.59 Å². The van der Waals surface area contributed by atoms with Gasteiger partial charge in [-0.25, -0.2) is 9.69 Å². The van der Waals surface area contributed by atoms with Crippen LogP contribution in [0.1, 0.15) is 18.4 Å². The van der Waals surface area contributed by atoms with Crippen LogP contribution in [0.4, 0.5) is 10.5 Å². The number of anilines is 1. The fraction of sp³-hybridized carbons (Fsp3) is 0.467. The Morgan fingerprint density at radius 3 is 2.45 bits per heavy atom. The van der Waals surface area contributed by atoms with Crippen LogP contribution in [0, 0.1) is 6.92 Å². The summed E-state index contributed by atoms with van der Waals surface area (Å²) in [5, 5.41) is 2.79. The summed E-state index contributed by atoms with van der Waals surface area (Å²) in [6, 6.07) is 6.70. The van der Waals surface area contributed by atoms with Crippen LogP contribution in [0.3, 0.4) is 0 Å². The molecule has 1 N–H and O–H groups in total. The third kappa shape index (κ3) is 2.41. The average molecular weight is 273 g/mol. The van der Waals surface area contributed by atoms with Gasteiger partial charge in [-0.2, -0.15) is 0 Å². The van der Waals surface area contributed by atoms with Crippen molar-refractivity contribution in [2.45, 2.75) is 25.8 Å². The minimum absolute atomic E-state index is 0.147. The molecule has 1 atom stereocenters. The van der Waals surface area contributed by atoms with Gasteiger partial charge in [0.25, 0.3) is 5.91 Å². The summed E-state index contributed by atoms with van der Waals surface area (Å²) in [6.07, 6.45) is 2.35. The van der Waals surface area contributed by atoms with Crippen molar-refractivity contribution in [1.82, 2.24) is 10.2 Å². The van der Waals surface area contributed by atoms with Gasteiger partial charge in [-0.3, -0.25) is 4.79 Å². The number of nitrogens with zero attached hydrogens (tertiary/aromatic N) is 2. The number of urea groups is 1. The molecule has 20 heavy (non-hydrogen) atoms. The van der Waals surface area contributed by atoms with Crippen LogP contribution in [-0.2, 0) is 4.79 Å². The second kappa shape index (κ2) is 5.25. The number of carbonyl (C=O) groups is 2. The first-order valence-electron chi connectivity index (χ1n) is 7.08. The monoisotopic (exact) mass is 273 g/mol. The van der Waals surface area contributed by atoms with E-state index in [1.54, 1.807) is 0 Å². The molecule has 3 amide bonds. The second-order valence-electron chi connectivity index (χ2n) is 5.52. The maximum Gasteiger partial charge on any atom is 0.329 e. The Kier molecular flexibility index (Phi) is 3.44. The largest absolute Gasteiger partial charge is 0.329 e. The normalized spacial score (nSPS) is 23.4. The Morgan fingerprint density at radius 1 is 1.15 bits per heavy atom. The summed E-state index contributed by atoms with van der Waals surface area (Å²) in [5.74, 6) is -0.147. The van der Waals surface area contributed by atoms with Gasteiger partial charge in [-0.05, 0) is 45.0 Å². The van der Waals surface area contributed by atoms with Gasteiger partial charge in [0.1, 0.15) is 6.04 Å². The fourth-order valence-electron chi connectivity index (χ4n) is 2.82. The highest BCUT2D eigenvalue weighted by atomic mass is 16.2. The molecule has 106 valence electrons. The lowest BCUT2D eigenvalue weighted by molar-refractivity contribution is -0.118. The Balaban J connectivity index is 1.74. The molecule has 3 rings (SSSR count). The molecule has 1 unspecified atom stereocenters. The second-order valence-corrected chi connectivity index (χ2v) is 5.52. The quantitative estimate of drug-likeness (QED) is 0.849. The number of likely N-dealkylation sites (tertiary alicyclic amines) is 1. The zero-order chi connectivity index (χ0) is 14.1. The van der Waals surface area contributed by atoms with E-state index < -0.39 is 6.04 Å². The fourth-order valence-corrected chi connectivity index (χ4v) is 2.82. The van der Waals surface area contributed by atoms with Gasteiger partial charge in [-0.1, -0.05) is 17.7 Å². The summed E-state index contributed by atoms with van der Waals surface area (Å²) >= 11 is 0. The summed E-state index contributed by atoms with van der Waals surface area (Å²) in [6.45, 7) is 4.63. The molecule has 0 radical (unpaired) electrons. The number of rotatable bonds is 3. The van der Waals surface area contributed by atoms with E-state index in [4.69, 9.17) is 0 Å². The molecular formula is C15H19N3O2. The van der Waals surface area contributed by atoms with E-state index in [9.17, 15) is 9.59 Å². The Morgan fingerprint density at radius 2 is 1.80 bits per heavy atom. The molecule has 2 heterocycles. The molecule has 1 aromatic rings. The number of nitrogens with one attached hydrogen (secondary N) is 1. The Labute approximate surface area is 118 Å². The number of benzene rings is 1. The van der Waals surface area contributed by atoms with Crippen LogP contribution in [-0.4, -0.2) is 42.5 Å². The van der Waals surface area contributed by atoms with Gasteiger partial charge < -0.3 is 10.2 Å². The molecule has 0 aliphatic carbocycles. The molecule has 2 aliphatic rings. The predicted octanol–water partition coefficient (Wildman–Crippen LogP) is 1.52. The summed E-state index contributed by atoms with van der Waals surface area (Å²) in [4.78, 5) is 27.9. The molecule has 0 spiro atoms. The van der Waals surface area contributed by atoms with Crippen molar-refractivity contribution in [3.05, 3.63) is 29.8 Å². The van der Waals surface area contributed by atoms with Crippen LogP contribution < -0.4 is 10.2 Å². The lowest BCUT2D eigenvalue weighted by atomic mass is 10.2. The predicted molar refractivity (Wildman–Crippen MR) is 76.7 cm³/mol. The third-order valence-electron chi connectivity index (χ3n) is 3.95. The zero-order valence-corrected chi connectivity index (χ0v) is 11.6. The maximum absolute atomic E-state index is 12.4. The third-order valence-corrected chi connectivity index (χ3v) is 3.95. The number of carbonyl (C=O) groups excluding carboxylic acids is 2. The Bertz CT molecular complexity index is 520. The summed E-state index contributed by atoms with van der Waals surface area (Å²) in [5.41, 5.74) is 1.75. The average Bonchev–Trinajstić information content (AvgIpc) is 3.02. The first-order chi connectivity index (χ1) is 9.65. The Hall–Kier alpha value is -1.88. The summed E-state index contributed by atoms with van der Waals surface area (Å²) in [7, 11) is 0. The van der Waals surface area contributed by atoms with Crippen molar-refractivity contribution in [2.24, 2.45) is 0 Å². The molecule has 2 saturated heterocycles. The van der Waals surface area contributed by atoms with Gasteiger partial charge in [0, 0.05) is 6.54 Å². The van der Waals surface area contributed by atoms with E-state index >= 15 is 0 Å². The van der Waals surface area contributed by atoms with Crippen LogP contribution in [0.5, 0.6) is 0 Å². The van der Waals surface area contributed by atoms with Crippen LogP contribution in [0.2, 0.25) is 0 Å². The lowest BCUT2D eigenvalue weighted by Gasteiger charge is -2.18. The SMILES string of the molecule is Cc1ccc(N2C(=O)NC(CN3CCCC3)C2=O)cc1. The molecule has 5 heteroatoms. The van der Waals surface area contributed by atoms with Crippen LogP contribution >= 0.6 is 0 Å². The van der Waals surface area contributed by atoms with E-state index in [0.29, 0.717) is 12.2 Å². The van der Waals surface area contributed by atoms with Crippen molar-refractivity contribution in [1.29, 1.82) is 0 Å². The lowest BCUT2D eigenvalue weighted by Crippen LogP contribution is -2.41. The molecule has 2 aliphatic heterocycles. The first kappa shape index (κ1) is 13.1. The number of imide groups is 1. The smallest absolute Gasteiger partial charge is 0.324 e. The minimum atomic E-state index is -0.415. The first-order valence-corrected chi connectivity index (χ1v) is 7.08. The van der Waals surface area contributed by atoms with E-state index in [1.807, 2.05) is 31.2 Å². The van der Waals surface area contributed by atoms with Gasteiger partial charge in [-0.15, -0.1) is 0 Å². The van der Waals surface area contributed by atoms with Gasteiger partial charge in [0.05, 0.1) is 5.69 Å². The van der Waals surface area contributed by atoms with Crippen LogP contribution in [0.15, 0.2) is 24.3 Å². The zero-order valence-electron chi connectivity index (χ0n) is 11.6. The van der Waals surface area contributed by atoms with Crippen LogP contribution in [0.25, 0.3) is 0 Å². The molecule has 0 saturated carbocycles.